The molecular weight excluding hydrogens is 164 g/mol. The molecule has 5 heteroatoms. The number of rotatable bonds is 4. The van der Waals surface area contributed by atoms with Crippen LogP contribution in [0, 0.1) is 0 Å². The molecule has 0 amide bonds. The molecule has 2 N–H and O–H groups in total. The number of carboxylic acids is 2. The lowest BCUT2D eigenvalue weighted by Gasteiger charge is -2.04. The van der Waals surface area contributed by atoms with Crippen molar-refractivity contribution in [2.45, 2.75) is 13.3 Å². The minimum atomic E-state index is -1.36. The van der Waals surface area contributed by atoms with Gasteiger partial charge in [-0.15, -0.1) is 0 Å². The lowest BCUT2D eigenvalue weighted by molar-refractivity contribution is -0.138. The lowest BCUT2D eigenvalue weighted by Crippen LogP contribution is -2.12. The molecule has 68 valence electrons. The lowest BCUT2D eigenvalue weighted by atomic mass is 10.2. The number of ether oxygens (including phenoxy) is 1. The van der Waals surface area contributed by atoms with Crippen LogP contribution in [0.3, 0.4) is 0 Å². The van der Waals surface area contributed by atoms with Gasteiger partial charge >= 0.3 is 11.9 Å². The Bertz CT molecular complexity index is 204. The van der Waals surface area contributed by atoms with Gasteiger partial charge in [0.2, 0.25) is 5.76 Å². The molecule has 0 heterocycles. The summed E-state index contributed by atoms with van der Waals surface area (Å²) in [4.78, 5) is 20.8. The van der Waals surface area contributed by atoms with E-state index in [0.29, 0.717) is 0 Å². The van der Waals surface area contributed by atoms with Gasteiger partial charge in [0.05, 0.1) is 12.7 Å². The van der Waals surface area contributed by atoms with Crippen molar-refractivity contribution in [1.29, 1.82) is 0 Å². The van der Waals surface area contributed by atoms with E-state index in [-0.39, 0.29) is 12.0 Å². The van der Waals surface area contributed by atoms with Crippen LogP contribution < -0.4 is 0 Å². The highest BCUT2D eigenvalue weighted by Crippen LogP contribution is 2.09. The molecule has 0 spiro atoms. The van der Waals surface area contributed by atoms with Crippen LogP contribution in [-0.4, -0.2) is 29.3 Å². The van der Waals surface area contributed by atoms with E-state index in [1.54, 1.807) is 6.92 Å². The van der Waals surface area contributed by atoms with Crippen LogP contribution in [0.5, 0.6) is 0 Å². The Morgan fingerprint density at radius 2 is 1.75 bits per heavy atom. The third kappa shape index (κ3) is 2.26. The second kappa shape index (κ2) is 4.38. The largest absolute Gasteiger partial charge is 0.489 e. The molecule has 0 bridgehead atoms. The third-order valence-electron chi connectivity index (χ3n) is 1.28. The smallest absolute Gasteiger partial charge is 0.371 e. The van der Waals surface area contributed by atoms with Gasteiger partial charge in [0.1, 0.15) is 0 Å². The molecule has 0 rings (SSSR count). The second-order valence-electron chi connectivity index (χ2n) is 1.98. The van der Waals surface area contributed by atoms with Gasteiger partial charge in [-0.1, -0.05) is 6.92 Å². The predicted octanol–water partition coefficient (Wildman–Crippen LogP) is 0.466. The molecule has 0 aliphatic carbocycles. The maximum Gasteiger partial charge on any atom is 0.371 e. The minimum Gasteiger partial charge on any atom is -0.489 e. The summed E-state index contributed by atoms with van der Waals surface area (Å²) in [6.07, 6.45) is 0.116. The zero-order valence-corrected chi connectivity index (χ0v) is 6.83. The maximum absolute atomic E-state index is 10.4. The second-order valence-corrected chi connectivity index (χ2v) is 1.98. The predicted molar refractivity (Wildman–Crippen MR) is 39.6 cm³/mol. The zero-order valence-electron chi connectivity index (χ0n) is 6.83. The molecular formula is C7H10O5. The Morgan fingerprint density at radius 1 is 1.25 bits per heavy atom. The van der Waals surface area contributed by atoms with Crippen LogP contribution in [-0.2, 0) is 14.3 Å². The first-order valence-electron chi connectivity index (χ1n) is 3.28. The number of carbonyl (C=O) groups is 2. The molecule has 0 aliphatic rings. The van der Waals surface area contributed by atoms with E-state index < -0.39 is 17.7 Å². The van der Waals surface area contributed by atoms with Gasteiger partial charge in [0.15, 0.2) is 0 Å². The average Bonchev–Trinajstić information content (AvgIpc) is 1.98. The van der Waals surface area contributed by atoms with Gasteiger partial charge in [-0.25, -0.2) is 9.59 Å². The molecule has 0 atom stereocenters. The number of methoxy groups -OCH3 is 1. The van der Waals surface area contributed by atoms with Gasteiger partial charge in [-0.05, 0) is 6.42 Å². The summed E-state index contributed by atoms with van der Waals surface area (Å²) >= 11 is 0. The van der Waals surface area contributed by atoms with Gasteiger partial charge < -0.3 is 14.9 Å². The quantitative estimate of drug-likeness (QED) is 0.478. The monoisotopic (exact) mass is 174 g/mol. The van der Waals surface area contributed by atoms with E-state index in [1.807, 2.05) is 0 Å². The molecule has 5 nitrogen and oxygen atoms in total. The van der Waals surface area contributed by atoms with Gasteiger partial charge in [-0.2, -0.15) is 0 Å². The van der Waals surface area contributed by atoms with Crippen molar-refractivity contribution < 1.29 is 24.5 Å². The summed E-state index contributed by atoms with van der Waals surface area (Å²) < 4.78 is 4.43. The molecule has 0 radical (unpaired) electrons. The van der Waals surface area contributed by atoms with Crippen molar-refractivity contribution in [3.8, 4) is 0 Å². The highest BCUT2D eigenvalue weighted by Gasteiger charge is 2.18. The Hall–Kier alpha value is -1.52. The fraction of sp³-hybridized carbons (Fsp3) is 0.429. The van der Waals surface area contributed by atoms with E-state index in [4.69, 9.17) is 10.2 Å². The van der Waals surface area contributed by atoms with Gasteiger partial charge in [0.25, 0.3) is 0 Å². The average molecular weight is 174 g/mol. The van der Waals surface area contributed by atoms with Crippen LogP contribution in [0.2, 0.25) is 0 Å². The number of hydrogen-bond donors (Lipinski definition) is 2. The normalized spacial score (nSPS) is 11.8. The molecule has 0 aromatic rings. The van der Waals surface area contributed by atoms with Crippen molar-refractivity contribution in [3.05, 3.63) is 11.3 Å². The topological polar surface area (TPSA) is 83.8 Å². The van der Waals surface area contributed by atoms with Crippen LogP contribution >= 0.6 is 0 Å². The van der Waals surface area contributed by atoms with Crippen molar-refractivity contribution >= 4 is 11.9 Å². The first-order chi connectivity index (χ1) is 5.54. The van der Waals surface area contributed by atoms with E-state index in [0.717, 1.165) is 7.11 Å². The Labute approximate surface area is 69.3 Å². The first kappa shape index (κ1) is 10.5. The summed E-state index contributed by atoms with van der Waals surface area (Å²) in [6.45, 7) is 1.55. The summed E-state index contributed by atoms with van der Waals surface area (Å²) in [5.41, 5.74) is -0.231. The molecule has 0 fully saturated rings. The van der Waals surface area contributed by atoms with Crippen LogP contribution in [0.1, 0.15) is 13.3 Å². The molecule has 0 aliphatic heterocycles. The molecule has 0 saturated heterocycles. The minimum absolute atomic E-state index is 0.116. The molecule has 0 aromatic carbocycles. The Morgan fingerprint density at radius 3 is 1.83 bits per heavy atom. The highest BCUT2D eigenvalue weighted by molar-refractivity contribution is 5.97. The molecule has 0 aromatic heterocycles. The first-order valence-corrected chi connectivity index (χ1v) is 3.28. The van der Waals surface area contributed by atoms with Crippen molar-refractivity contribution in [2.75, 3.05) is 7.11 Å². The molecule has 0 unspecified atom stereocenters. The maximum atomic E-state index is 10.4. The molecule has 12 heavy (non-hydrogen) atoms. The Kier molecular flexibility index (Phi) is 3.82. The highest BCUT2D eigenvalue weighted by atomic mass is 16.5. The van der Waals surface area contributed by atoms with E-state index in [9.17, 15) is 9.59 Å². The number of carboxylic acid groups (broad SMARTS) is 2. The summed E-state index contributed by atoms with van der Waals surface area (Å²) in [5.74, 6) is -3.14. The fourth-order valence-electron chi connectivity index (χ4n) is 0.748. The Balaban J connectivity index is 5.01. The van der Waals surface area contributed by atoms with Gasteiger partial charge in [0, 0.05) is 0 Å². The van der Waals surface area contributed by atoms with E-state index in [1.165, 1.54) is 0 Å². The molecule has 0 saturated carbocycles. The summed E-state index contributed by atoms with van der Waals surface area (Å²) in [6, 6.07) is 0. The fourth-order valence-corrected chi connectivity index (χ4v) is 0.748. The number of aliphatic carboxylic acids is 2. The van der Waals surface area contributed by atoms with Crippen molar-refractivity contribution in [2.24, 2.45) is 0 Å². The van der Waals surface area contributed by atoms with E-state index in [2.05, 4.69) is 4.74 Å². The van der Waals surface area contributed by atoms with Crippen molar-refractivity contribution in [1.82, 2.24) is 0 Å². The standard InChI is InChI=1S/C7H10O5/c1-3-4(6(8)9)5(12-2)7(10)11/h3H2,1-2H3,(H,8,9)(H,10,11). The van der Waals surface area contributed by atoms with Crippen LogP contribution in [0.4, 0.5) is 0 Å². The van der Waals surface area contributed by atoms with Crippen LogP contribution in [0.25, 0.3) is 0 Å². The van der Waals surface area contributed by atoms with Crippen molar-refractivity contribution in [3.63, 3.8) is 0 Å². The SMILES string of the molecule is CCC(C(=O)O)=C(OC)C(=O)O. The summed E-state index contributed by atoms with van der Waals surface area (Å²) in [5, 5.41) is 17.0. The van der Waals surface area contributed by atoms with E-state index >= 15 is 0 Å². The van der Waals surface area contributed by atoms with Gasteiger partial charge in [-0.3, -0.25) is 0 Å². The number of hydrogen-bond acceptors (Lipinski definition) is 3. The summed E-state index contributed by atoms with van der Waals surface area (Å²) in [7, 11) is 1.13. The van der Waals surface area contributed by atoms with Crippen LogP contribution in [0.15, 0.2) is 11.3 Å². The zero-order chi connectivity index (χ0) is 9.72. The third-order valence-corrected chi connectivity index (χ3v) is 1.28.